The summed E-state index contributed by atoms with van der Waals surface area (Å²) < 4.78 is 5.03. The monoisotopic (exact) mass is 204 g/mol. The summed E-state index contributed by atoms with van der Waals surface area (Å²) in [5, 5.41) is 2.77. The highest BCUT2D eigenvalue weighted by atomic mass is 32.1. The lowest BCUT2D eigenvalue weighted by Crippen LogP contribution is -2.35. The number of nitrogens with one attached hydrogen (secondary N) is 1. The Bertz CT molecular complexity index is 199. The third-order valence-electron chi connectivity index (χ3n) is 0.989. The van der Waals surface area contributed by atoms with Crippen LogP contribution in [-0.2, 0) is 9.53 Å². The van der Waals surface area contributed by atoms with Crippen molar-refractivity contribution in [2.75, 3.05) is 13.1 Å². The van der Waals surface area contributed by atoms with Crippen LogP contribution in [0.3, 0.4) is 0 Å². The number of thiocarbonyl (C=S) groups is 1. The van der Waals surface area contributed by atoms with Gasteiger partial charge in [-0.15, -0.1) is 0 Å². The Balaban J connectivity index is 3.59. The first kappa shape index (κ1) is 12.3. The second kappa shape index (κ2) is 5.14. The summed E-state index contributed by atoms with van der Waals surface area (Å²) in [7, 11) is 0. The first-order valence-electron chi connectivity index (χ1n) is 4.02. The summed E-state index contributed by atoms with van der Waals surface area (Å²) >= 11 is 4.62. The fourth-order valence-electron chi connectivity index (χ4n) is 0.665. The van der Waals surface area contributed by atoms with Crippen molar-refractivity contribution >= 4 is 23.2 Å². The molecule has 0 aliphatic heterocycles. The average molecular weight is 204 g/mol. The Morgan fingerprint density at radius 3 is 2.38 bits per heavy atom. The molecule has 0 aliphatic rings. The van der Waals surface area contributed by atoms with Crippen molar-refractivity contribution in [2.24, 2.45) is 5.73 Å². The summed E-state index contributed by atoms with van der Waals surface area (Å²) in [5.41, 5.74) is 4.78. The predicted octanol–water partition coefficient (Wildman–Crippen LogP) is 0.204. The Hall–Kier alpha value is -0.680. The minimum atomic E-state index is -0.442. The van der Waals surface area contributed by atoms with Crippen LogP contribution in [0.15, 0.2) is 0 Å². The van der Waals surface area contributed by atoms with Crippen molar-refractivity contribution in [1.29, 1.82) is 0 Å². The van der Waals surface area contributed by atoms with Gasteiger partial charge < -0.3 is 15.8 Å². The van der Waals surface area contributed by atoms with Gasteiger partial charge >= 0.3 is 5.97 Å². The van der Waals surface area contributed by atoms with E-state index in [-0.39, 0.29) is 12.5 Å². The number of nitrogens with two attached hydrogens (primary N) is 1. The summed E-state index contributed by atoms with van der Waals surface area (Å²) in [4.78, 5) is 11.4. The summed E-state index contributed by atoms with van der Waals surface area (Å²) in [6, 6.07) is 0. The molecule has 76 valence electrons. The molecule has 0 heterocycles. The van der Waals surface area contributed by atoms with Crippen LogP contribution in [0.4, 0.5) is 0 Å². The van der Waals surface area contributed by atoms with Crippen LogP contribution in [0, 0.1) is 0 Å². The standard InChI is InChI=1S/C8H16N2O2S/c1-8(2,3)12-7(11)5-10-4-6(9)13/h10H,4-5H2,1-3H3,(H2,9,13). The molecule has 0 aromatic heterocycles. The number of rotatable bonds is 4. The van der Waals surface area contributed by atoms with Gasteiger partial charge in [0.1, 0.15) is 5.60 Å². The van der Waals surface area contributed by atoms with E-state index in [1.807, 2.05) is 20.8 Å². The first-order chi connectivity index (χ1) is 5.81. The normalized spacial score (nSPS) is 11.0. The van der Waals surface area contributed by atoms with Crippen LogP contribution < -0.4 is 11.1 Å². The number of hydrogen-bond acceptors (Lipinski definition) is 4. The zero-order valence-electron chi connectivity index (χ0n) is 8.22. The third kappa shape index (κ3) is 9.23. The van der Waals surface area contributed by atoms with E-state index in [1.54, 1.807) is 0 Å². The number of carbonyl (C=O) groups is 1. The minimum Gasteiger partial charge on any atom is -0.459 e. The smallest absolute Gasteiger partial charge is 0.320 e. The molecule has 0 fully saturated rings. The van der Waals surface area contributed by atoms with Gasteiger partial charge in [0.25, 0.3) is 0 Å². The lowest BCUT2D eigenvalue weighted by molar-refractivity contribution is -0.153. The van der Waals surface area contributed by atoms with Crippen molar-refractivity contribution in [1.82, 2.24) is 5.32 Å². The van der Waals surface area contributed by atoms with Crippen LogP contribution >= 0.6 is 12.2 Å². The molecule has 0 saturated carbocycles. The molecule has 0 atom stereocenters. The Labute approximate surface area is 83.8 Å². The number of ether oxygens (including phenoxy) is 1. The fraction of sp³-hybridized carbons (Fsp3) is 0.750. The van der Waals surface area contributed by atoms with E-state index in [0.29, 0.717) is 11.5 Å². The molecule has 13 heavy (non-hydrogen) atoms. The van der Waals surface area contributed by atoms with E-state index < -0.39 is 5.60 Å². The van der Waals surface area contributed by atoms with Gasteiger partial charge in [-0.05, 0) is 20.8 Å². The SMILES string of the molecule is CC(C)(C)OC(=O)CNCC(N)=S. The molecule has 5 heteroatoms. The topological polar surface area (TPSA) is 64.3 Å². The van der Waals surface area contributed by atoms with E-state index in [0.717, 1.165) is 0 Å². The lowest BCUT2D eigenvalue weighted by Gasteiger charge is -2.19. The molecule has 0 aromatic rings. The second-order valence-corrected chi connectivity index (χ2v) is 4.18. The first-order valence-corrected chi connectivity index (χ1v) is 4.43. The molecular formula is C8H16N2O2S. The van der Waals surface area contributed by atoms with Crippen LogP contribution in [0.1, 0.15) is 20.8 Å². The van der Waals surface area contributed by atoms with Crippen LogP contribution in [0.2, 0.25) is 0 Å². The van der Waals surface area contributed by atoms with E-state index in [2.05, 4.69) is 17.5 Å². The Morgan fingerprint density at radius 1 is 1.46 bits per heavy atom. The molecule has 0 aliphatic carbocycles. The van der Waals surface area contributed by atoms with Gasteiger partial charge in [0.05, 0.1) is 11.5 Å². The van der Waals surface area contributed by atoms with Crippen LogP contribution in [0.5, 0.6) is 0 Å². The summed E-state index contributed by atoms with van der Waals surface area (Å²) in [6.45, 7) is 5.94. The molecule has 0 spiro atoms. The van der Waals surface area contributed by atoms with Crippen LogP contribution in [0.25, 0.3) is 0 Å². The molecule has 3 N–H and O–H groups in total. The molecule has 0 radical (unpaired) electrons. The maximum Gasteiger partial charge on any atom is 0.320 e. The van der Waals surface area contributed by atoms with E-state index >= 15 is 0 Å². The maximum atomic E-state index is 11.1. The zero-order valence-corrected chi connectivity index (χ0v) is 9.03. The highest BCUT2D eigenvalue weighted by molar-refractivity contribution is 7.80. The van der Waals surface area contributed by atoms with Gasteiger partial charge in [-0.1, -0.05) is 12.2 Å². The number of hydrogen-bond donors (Lipinski definition) is 2. The van der Waals surface area contributed by atoms with Gasteiger partial charge in [-0.2, -0.15) is 0 Å². The van der Waals surface area contributed by atoms with E-state index in [4.69, 9.17) is 10.5 Å². The van der Waals surface area contributed by atoms with Crippen molar-refractivity contribution < 1.29 is 9.53 Å². The van der Waals surface area contributed by atoms with Crippen molar-refractivity contribution in [2.45, 2.75) is 26.4 Å². The molecular weight excluding hydrogens is 188 g/mol. The van der Waals surface area contributed by atoms with Gasteiger partial charge in [0, 0.05) is 6.54 Å². The zero-order chi connectivity index (χ0) is 10.5. The van der Waals surface area contributed by atoms with Gasteiger partial charge in [-0.25, -0.2) is 0 Å². The highest BCUT2D eigenvalue weighted by Gasteiger charge is 2.15. The van der Waals surface area contributed by atoms with Gasteiger partial charge in [0.2, 0.25) is 0 Å². The molecule has 0 unspecified atom stereocenters. The predicted molar refractivity (Wildman–Crippen MR) is 55.5 cm³/mol. The van der Waals surface area contributed by atoms with Crippen molar-refractivity contribution in [3.63, 3.8) is 0 Å². The van der Waals surface area contributed by atoms with Gasteiger partial charge in [0.15, 0.2) is 0 Å². The van der Waals surface area contributed by atoms with Crippen molar-refractivity contribution in [3.05, 3.63) is 0 Å². The van der Waals surface area contributed by atoms with Crippen molar-refractivity contribution in [3.8, 4) is 0 Å². The average Bonchev–Trinajstić information content (AvgIpc) is 1.81. The maximum absolute atomic E-state index is 11.1. The molecule has 4 nitrogen and oxygen atoms in total. The van der Waals surface area contributed by atoms with E-state index in [9.17, 15) is 4.79 Å². The Kier molecular flexibility index (Phi) is 4.87. The number of esters is 1. The summed E-state index contributed by atoms with van der Waals surface area (Å²) in [5.74, 6) is -0.302. The molecule has 0 aromatic carbocycles. The minimum absolute atomic E-state index is 0.134. The molecule has 0 saturated heterocycles. The lowest BCUT2D eigenvalue weighted by atomic mass is 10.2. The largest absolute Gasteiger partial charge is 0.459 e. The molecule has 0 amide bonds. The van der Waals surface area contributed by atoms with Crippen LogP contribution in [-0.4, -0.2) is 29.6 Å². The fourth-order valence-corrected chi connectivity index (χ4v) is 0.767. The molecule has 0 rings (SSSR count). The number of carbonyl (C=O) groups excluding carboxylic acids is 1. The third-order valence-corrected chi connectivity index (χ3v) is 1.13. The molecule has 0 bridgehead atoms. The summed E-state index contributed by atoms with van der Waals surface area (Å²) in [6.07, 6.45) is 0. The quantitative estimate of drug-likeness (QED) is 0.506. The second-order valence-electron chi connectivity index (χ2n) is 3.66. The highest BCUT2D eigenvalue weighted by Crippen LogP contribution is 2.05. The Morgan fingerprint density at radius 2 is 2.00 bits per heavy atom. The van der Waals surface area contributed by atoms with E-state index in [1.165, 1.54) is 0 Å². The van der Waals surface area contributed by atoms with Gasteiger partial charge in [-0.3, -0.25) is 4.79 Å².